The first-order valence-corrected chi connectivity index (χ1v) is 7.29. The van der Waals surface area contributed by atoms with Gasteiger partial charge < -0.3 is 19.5 Å². The van der Waals surface area contributed by atoms with E-state index in [-0.39, 0.29) is 12.8 Å². The highest BCUT2D eigenvalue weighted by Crippen LogP contribution is 2.32. The molecule has 1 aliphatic heterocycles. The lowest BCUT2D eigenvalue weighted by Gasteiger charge is -2.10. The van der Waals surface area contributed by atoms with Crippen LogP contribution in [0, 0.1) is 0 Å². The van der Waals surface area contributed by atoms with Gasteiger partial charge in [0.05, 0.1) is 12.2 Å². The Labute approximate surface area is 123 Å². The van der Waals surface area contributed by atoms with E-state index < -0.39 is 0 Å². The maximum absolute atomic E-state index is 11.9. The number of carbonyl (C=O) groups excluding carboxylic acids is 1. The highest BCUT2D eigenvalue weighted by Gasteiger charge is 2.22. The molecular formula is C16H19NO4. The second kappa shape index (κ2) is 6.08. The van der Waals surface area contributed by atoms with Crippen molar-refractivity contribution in [1.82, 2.24) is 5.32 Å². The molecule has 3 rings (SSSR count). The zero-order chi connectivity index (χ0) is 14.7. The summed E-state index contributed by atoms with van der Waals surface area (Å²) in [7, 11) is 0. The minimum atomic E-state index is -0.191. The Morgan fingerprint density at radius 2 is 2.14 bits per heavy atom. The van der Waals surface area contributed by atoms with Crippen LogP contribution in [-0.4, -0.2) is 19.4 Å². The van der Waals surface area contributed by atoms with Crippen molar-refractivity contribution >= 4 is 5.97 Å². The minimum Gasteiger partial charge on any atom is -0.463 e. The van der Waals surface area contributed by atoms with Crippen molar-refractivity contribution < 1.29 is 19.0 Å². The van der Waals surface area contributed by atoms with E-state index >= 15 is 0 Å². The molecule has 5 heteroatoms. The smallest absolute Gasteiger partial charge is 0.335 e. The van der Waals surface area contributed by atoms with Crippen molar-refractivity contribution in [3.63, 3.8) is 0 Å². The van der Waals surface area contributed by atoms with Crippen LogP contribution in [0.25, 0.3) is 0 Å². The van der Waals surface area contributed by atoms with Crippen LogP contribution in [0.2, 0.25) is 0 Å². The van der Waals surface area contributed by atoms with Gasteiger partial charge >= 0.3 is 5.97 Å². The first-order chi connectivity index (χ1) is 10.3. The van der Waals surface area contributed by atoms with E-state index in [1.165, 1.54) is 0 Å². The predicted octanol–water partition coefficient (Wildman–Crippen LogP) is 2.51. The van der Waals surface area contributed by atoms with E-state index in [0.717, 1.165) is 47.6 Å². The van der Waals surface area contributed by atoms with E-state index in [4.69, 9.17) is 14.2 Å². The Bertz CT molecular complexity index is 580. The van der Waals surface area contributed by atoms with Gasteiger partial charge in [0.15, 0.2) is 11.5 Å². The van der Waals surface area contributed by atoms with Crippen LogP contribution in [0.4, 0.5) is 0 Å². The molecule has 1 heterocycles. The third-order valence-electron chi connectivity index (χ3n) is 3.68. The summed E-state index contributed by atoms with van der Waals surface area (Å²) in [5.74, 6) is 1.37. The van der Waals surface area contributed by atoms with E-state index in [9.17, 15) is 4.79 Å². The quantitative estimate of drug-likeness (QED) is 0.844. The molecule has 1 N–H and O–H groups in total. The summed E-state index contributed by atoms with van der Waals surface area (Å²) in [6.07, 6.45) is 2.69. The number of allylic oxidation sites excluding steroid dienone is 1. The largest absolute Gasteiger partial charge is 0.463 e. The molecule has 0 atom stereocenters. The average Bonchev–Trinajstić information content (AvgIpc) is 3.13. The summed E-state index contributed by atoms with van der Waals surface area (Å²) in [6, 6.07) is 5.88. The summed E-state index contributed by atoms with van der Waals surface area (Å²) < 4.78 is 15.8. The Morgan fingerprint density at radius 1 is 1.29 bits per heavy atom. The Hall–Kier alpha value is -2.17. The third-order valence-corrected chi connectivity index (χ3v) is 3.68. The lowest BCUT2D eigenvalue weighted by molar-refractivity contribution is -0.138. The number of hydrogen-bond donors (Lipinski definition) is 1. The van der Waals surface area contributed by atoms with Crippen molar-refractivity contribution in [2.24, 2.45) is 0 Å². The van der Waals surface area contributed by atoms with E-state index in [1.54, 1.807) is 0 Å². The van der Waals surface area contributed by atoms with Crippen molar-refractivity contribution in [2.75, 3.05) is 13.4 Å². The number of esters is 1. The van der Waals surface area contributed by atoms with Gasteiger partial charge in [0.25, 0.3) is 0 Å². The third kappa shape index (κ3) is 2.96. The molecular weight excluding hydrogens is 270 g/mol. The summed E-state index contributed by atoms with van der Waals surface area (Å²) in [6.45, 7) is 3.18. The summed E-state index contributed by atoms with van der Waals surface area (Å²) in [5.41, 5.74) is 2.89. The summed E-state index contributed by atoms with van der Waals surface area (Å²) >= 11 is 0. The molecule has 0 radical (unpaired) electrons. The maximum atomic E-state index is 11.9. The van der Waals surface area contributed by atoms with E-state index in [2.05, 4.69) is 5.32 Å². The van der Waals surface area contributed by atoms with Gasteiger partial charge in [-0.25, -0.2) is 4.79 Å². The molecule has 1 aromatic carbocycles. The van der Waals surface area contributed by atoms with E-state index in [0.29, 0.717) is 13.2 Å². The van der Waals surface area contributed by atoms with Gasteiger partial charge in [-0.05, 0) is 43.9 Å². The van der Waals surface area contributed by atoms with Crippen molar-refractivity contribution in [1.29, 1.82) is 0 Å². The van der Waals surface area contributed by atoms with Crippen LogP contribution in [0.1, 0.15) is 31.7 Å². The van der Waals surface area contributed by atoms with Crippen molar-refractivity contribution in [3.05, 3.63) is 35.0 Å². The second-order valence-electron chi connectivity index (χ2n) is 5.07. The topological polar surface area (TPSA) is 56.8 Å². The molecule has 1 aliphatic carbocycles. The van der Waals surface area contributed by atoms with Crippen LogP contribution < -0.4 is 14.8 Å². The molecule has 0 bridgehead atoms. The van der Waals surface area contributed by atoms with Gasteiger partial charge in [0.1, 0.15) is 0 Å². The summed E-state index contributed by atoms with van der Waals surface area (Å²) in [5, 5.41) is 3.36. The molecule has 0 spiro atoms. The first-order valence-electron chi connectivity index (χ1n) is 7.29. The number of hydrogen-bond acceptors (Lipinski definition) is 5. The second-order valence-corrected chi connectivity index (χ2v) is 5.07. The number of ether oxygens (including phenoxy) is 3. The molecule has 5 nitrogen and oxygen atoms in total. The van der Waals surface area contributed by atoms with Gasteiger partial charge in [-0.3, -0.25) is 0 Å². The predicted molar refractivity (Wildman–Crippen MR) is 76.9 cm³/mol. The van der Waals surface area contributed by atoms with Crippen LogP contribution in [-0.2, 0) is 16.1 Å². The molecule has 0 fully saturated rings. The number of fused-ring (bicyclic) bond motifs is 1. The number of nitrogens with one attached hydrogen (secondary N) is 1. The first kappa shape index (κ1) is 13.8. The van der Waals surface area contributed by atoms with E-state index in [1.807, 2.05) is 25.1 Å². The van der Waals surface area contributed by atoms with Gasteiger partial charge in [0.2, 0.25) is 6.79 Å². The van der Waals surface area contributed by atoms with Crippen LogP contribution in [0.15, 0.2) is 29.5 Å². The summed E-state index contributed by atoms with van der Waals surface area (Å²) in [4.78, 5) is 11.9. The number of benzene rings is 1. The standard InChI is InChI=1S/C16H19NO4/c1-2-19-16(18)12-4-3-5-13(12)17-9-11-6-7-14-15(8-11)21-10-20-14/h6-8,17H,2-5,9-10H2,1H3. The lowest BCUT2D eigenvalue weighted by Crippen LogP contribution is -2.16. The van der Waals surface area contributed by atoms with Crippen molar-refractivity contribution in [2.45, 2.75) is 32.7 Å². The highest BCUT2D eigenvalue weighted by atomic mass is 16.7. The minimum absolute atomic E-state index is 0.191. The van der Waals surface area contributed by atoms with Gasteiger partial charge in [0, 0.05) is 12.2 Å². The molecule has 112 valence electrons. The Morgan fingerprint density at radius 3 is 3.00 bits per heavy atom. The monoisotopic (exact) mass is 289 g/mol. The zero-order valence-electron chi connectivity index (χ0n) is 12.1. The molecule has 21 heavy (non-hydrogen) atoms. The number of carbonyl (C=O) groups is 1. The molecule has 0 aromatic heterocycles. The van der Waals surface area contributed by atoms with Crippen molar-refractivity contribution in [3.8, 4) is 11.5 Å². The van der Waals surface area contributed by atoms with Gasteiger partial charge in [-0.15, -0.1) is 0 Å². The molecule has 0 amide bonds. The van der Waals surface area contributed by atoms with Gasteiger partial charge in [-0.2, -0.15) is 0 Å². The fourth-order valence-electron chi connectivity index (χ4n) is 2.64. The molecule has 0 saturated carbocycles. The Balaban J connectivity index is 1.66. The molecule has 1 aromatic rings. The van der Waals surface area contributed by atoms with Crippen LogP contribution in [0.3, 0.4) is 0 Å². The normalized spacial score (nSPS) is 16.2. The van der Waals surface area contributed by atoms with Crippen LogP contribution in [0.5, 0.6) is 11.5 Å². The highest BCUT2D eigenvalue weighted by molar-refractivity contribution is 5.89. The molecule has 0 unspecified atom stereocenters. The lowest BCUT2D eigenvalue weighted by atomic mass is 10.2. The average molecular weight is 289 g/mol. The fraction of sp³-hybridized carbons (Fsp3) is 0.438. The Kier molecular flexibility index (Phi) is 3.99. The van der Waals surface area contributed by atoms with Crippen LogP contribution >= 0.6 is 0 Å². The van der Waals surface area contributed by atoms with Gasteiger partial charge in [-0.1, -0.05) is 6.07 Å². The number of rotatable bonds is 5. The SMILES string of the molecule is CCOC(=O)C1=C(NCc2ccc3c(c2)OCO3)CCC1. The molecule has 0 saturated heterocycles. The molecule has 2 aliphatic rings. The fourth-order valence-corrected chi connectivity index (χ4v) is 2.64. The zero-order valence-corrected chi connectivity index (χ0v) is 12.1. The maximum Gasteiger partial charge on any atom is 0.335 e.